The van der Waals surface area contributed by atoms with Crippen molar-refractivity contribution in [1.82, 2.24) is 9.97 Å². The van der Waals surface area contributed by atoms with Gasteiger partial charge in [-0.1, -0.05) is 0 Å². The number of aromatic nitrogens is 2. The van der Waals surface area contributed by atoms with E-state index in [0.717, 1.165) is 12.8 Å². The van der Waals surface area contributed by atoms with Crippen molar-refractivity contribution in [3.05, 3.63) is 36.2 Å². The van der Waals surface area contributed by atoms with E-state index >= 15 is 0 Å². The van der Waals surface area contributed by atoms with Gasteiger partial charge in [-0.3, -0.25) is 4.98 Å². The second-order valence-electron chi connectivity index (χ2n) is 7.71. The maximum atomic E-state index is 14.8. The summed E-state index contributed by atoms with van der Waals surface area (Å²) in [5, 5.41) is 3.13. The number of nitrogens with one attached hydrogen (secondary N) is 1. The fourth-order valence-corrected chi connectivity index (χ4v) is 3.65. The molecule has 1 aromatic heterocycles. The highest BCUT2D eigenvalue weighted by Crippen LogP contribution is 2.32. The number of halogens is 2. The number of hydrogen-bond acceptors (Lipinski definition) is 5. The average molecular weight is 388 g/mol. The molecule has 0 radical (unpaired) electrons. The molecular weight excluding hydrogens is 362 g/mol. The van der Waals surface area contributed by atoms with Crippen LogP contribution in [0.4, 0.5) is 20.3 Å². The van der Waals surface area contributed by atoms with Crippen LogP contribution in [0.3, 0.4) is 0 Å². The summed E-state index contributed by atoms with van der Waals surface area (Å²) in [6, 6.07) is 2.79. The van der Waals surface area contributed by atoms with E-state index in [2.05, 4.69) is 15.3 Å². The van der Waals surface area contributed by atoms with E-state index in [-0.39, 0.29) is 17.5 Å². The molecule has 0 aliphatic carbocycles. The highest BCUT2D eigenvalue weighted by Gasteiger charge is 2.25. The zero-order valence-electron chi connectivity index (χ0n) is 16.5. The zero-order valence-corrected chi connectivity index (χ0v) is 16.5. The predicted molar refractivity (Wildman–Crippen MR) is 106 cm³/mol. The molecule has 3 rings (SSSR count). The average Bonchev–Trinajstić information content (AvgIpc) is 2.62. The van der Waals surface area contributed by atoms with Crippen LogP contribution in [0.5, 0.6) is 0 Å². The normalized spacial score (nSPS) is 15.1. The summed E-state index contributed by atoms with van der Waals surface area (Å²) in [7, 11) is 0. The van der Waals surface area contributed by atoms with Crippen LogP contribution in [0.25, 0.3) is 11.3 Å². The second-order valence-corrected chi connectivity index (χ2v) is 7.71. The van der Waals surface area contributed by atoms with E-state index in [1.54, 1.807) is 18.0 Å². The molecule has 2 aromatic rings. The molecule has 1 aliphatic heterocycles. The Hall–Kier alpha value is -2.57. The second kappa shape index (κ2) is 8.63. The van der Waals surface area contributed by atoms with Crippen LogP contribution in [0.1, 0.15) is 40.0 Å². The molecule has 1 aliphatic rings. The molecule has 1 fully saturated rings. The predicted octanol–water partition coefficient (Wildman–Crippen LogP) is 4.44. The molecule has 0 spiro atoms. The lowest BCUT2D eigenvalue weighted by Gasteiger charge is -2.33. The van der Waals surface area contributed by atoms with Gasteiger partial charge in [-0.15, -0.1) is 0 Å². The van der Waals surface area contributed by atoms with Crippen LogP contribution in [-0.4, -0.2) is 34.9 Å². The van der Waals surface area contributed by atoms with Gasteiger partial charge in [0, 0.05) is 31.1 Å². The lowest BCUT2D eigenvalue weighted by molar-refractivity contribution is -0.118. The van der Waals surface area contributed by atoms with Gasteiger partial charge in [0.1, 0.15) is 28.9 Å². The first-order valence-electron chi connectivity index (χ1n) is 9.66. The van der Waals surface area contributed by atoms with Gasteiger partial charge in [0.25, 0.3) is 0 Å². The number of rotatable bonds is 6. The van der Waals surface area contributed by atoms with E-state index in [4.69, 9.17) is 0 Å². The van der Waals surface area contributed by atoms with Crippen molar-refractivity contribution in [1.29, 1.82) is 0 Å². The zero-order chi connectivity index (χ0) is 20.3. The lowest BCUT2D eigenvalue weighted by atomic mass is 9.91. The minimum atomic E-state index is -0.607. The van der Waals surface area contributed by atoms with Crippen LogP contribution < -0.4 is 10.2 Å². The number of hydrogen-bond donors (Lipinski definition) is 1. The molecule has 2 heterocycles. The first-order valence-corrected chi connectivity index (χ1v) is 9.66. The summed E-state index contributed by atoms with van der Waals surface area (Å²) in [6.45, 7) is 6.61. The molecule has 1 saturated heterocycles. The maximum absolute atomic E-state index is 14.8. The minimum absolute atomic E-state index is 0.00514. The Bertz CT molecular complexity index is 825. The van der Waals surface area contributed by atoms with Crippen molar-refractivity contribution in [3.8, 4) is 11.3 Å². The molecule has 0 saturated carbocycles. The van der Waals surface area contributed by atoms with Crippen LogP contribution in [0.15, 0.2) is 24.5 Å². The Labute approximate surface area is 164 Å². The molecule has 7 heteroatoms. The van der Waals surface area contributed by atoms with Gasteiger partial charge in [0.15, 0.2) is 0 Å². The van der Waals surface area contributed by atoms with E-state index in [9.17, 15) is 13.6 Å². The number of ketones is 1. The first kappa shape index (κ1) is 20.2. The highest BCUT2D eigenvalue weighted by molar-refractivity contribution is 5.75. The van der Waals surface area contributed by atoms with E-state index in [1.165, 1.54) is 18.3 Å². The Morgan fingerprint density at radius 3 is 2.43 bits per heavy atom. The quantitative estimate of drug-likeness (QED) is 0.793. The van der Waals surface area contributed by atoms with Gasteiger partial charge >= 0.3 is 0 Å². The van der Waals surface area contributed by atoms with Gasteiger partial charge in [-0.05, 0) is 51.7 Å². The molecular formula is C21H26F2N4O. The fourth-order valence-electron chi connectivity index (χ4n) is 3.65. The minimum Gasteiger partial charge on any atom is -0.367 e. The molecule has 0 atom stereocenters. The Balaban J connectivity index is 1.79. The number of nitrogens with zero attached hydrogens (tertiary/aromatic N) is 3. The fraction of sp³-hybridized carbons (Fsp3) is 0.476. The van der Waals surface area contributed by atoms with Crippen molar-refractivity contribution in [2.24, 2.45) is 5.92 Å². The molecule has 150 valence electrons. The van der Waals surface area contributed by atoms with Crippen molar-refractivity contribution >= 4 is 17.3 Å². The van der Waals surface area contributed by atoms with Crippen molar-refractivity contribution in [2.75, 3.05) is 23.3 Å². The molecule has 0 unspecified atom stereocenters. The van der Waals surface area contributed by atoms with Gasteiger partial charge < -0.3 is 15.0 Å². The number of piperidine rings is 1. The molecule has 28 heavy (non-hydrogen) atoms. The van der Waals surface area contributed by atoms with Gasteiger partial charge in [-0.2, -0.15) is 0 Å². The Kier molecular flexibility index (Phi) is 6.21. The van der Waals surface area contributed by atoms with Crippen molar-refractivity contribution < 1.29 is 13.6 Å². The van der Waals surface area contributed by atoms with Gasteiger partial charge in [0.05, 0.1) is 18.1 Å². The van der Waals surface area contributed by atoms with Gasteiger partial charge in [-0.25, -0.2) is 13.8 Å². The summed E-state index contributed by atoms with van der Waals surface area (Å²) in [5.74, 6) is -0.195. The standard InChI is InChI=1S/C21H26F2N4O/c1-13(2)25-20-12-24-11-19(26-20)16-9-17(22)21(18(23)10-16)27-6-4-15(5-7-27)8-14(3)28/h9-13,15H,4-8H2,1-3H3,(H,25,26). The molecule has 1 aromatic carbocycles. The van der Waals surface area contributed by atoms with E-state index < -0.39 is 11.6 Å². The van der Waals surface area contributed by atoms with E-state index in [1.807, 2.05) is 13.8 Å². The molecule has 0 bridgehead atoms. The van der Waals surface area contributed by atoms with Crippen LogP contribution >= 0.6 is 0 Å². The largest absolute Gasteiger partial charge is 0.367 e. The third-order valence-electron chi connectivity index (χ3n) is 4.89. The molecule has 1 N–H and O–H groups in total. The highest BCUT2D eigenvalue weighted by atomic mass is 19.1. The van der Waals surface area contributed by atoms with Crippen molar-refractivity contribution in [2.45, 2.75) is 46.1 Å². The number of Topliss-reactive ketones (excluding diaryl/α,β-unsaturated/α-hetero) is 1. The Morgan fingerprint density at radius 1 is 1.21 bits per heavy atom. The smallest absolute Gasteiger partial charge is 0.150 e. The van der Waals surface area contributed by atoms with Crippen LogP contribution in [-0.2, 0) is 4.79 Å². The van der Waals surface area contributed by atoms with Crippen LogP contribution in [0, 0.1) is 17.6 Å². The third-order valence-corrected chi connectivity index (χ3v) is 4.89. The molecule has 0 amide bonds. The van der Waals surface area contributed by atoms with Crippen molar-refractivity contribution in [3.63, 3.8) is 0 Å². The summed E-state index contributed by atoms with van der Waals surface area (Å²) in [4.78, 5) is 21.5. The van der Waals surface area contributed by atoms with Crippen LogP contribution in [0.2, 0.25) is 0 Å². The monoisotopic (exact) mass is 388 g/mol. The number of carbonyl (C=O) groups excluding carboxylic acids is 1. The summed E-state index contributed by atoms with van der Waals surface area (Å²) in [5.41, 5.74) is 0.759. The number of carbonyl (C=O) groups is 1. The first-order chi connectivity index (χ1) is 13.3. The number of benzene rings is 1. The SMILES string of the molecule is CC(=O)CC1CCN(c2c(F)cc(-c3cncc(NC(C)C)n3)cc2F)CC1. The maximum Gasteiger partial charge on any atom is 0.150 e. The Morgan fingerprint density at radius 2 is 1.86 bits per heavy atom. The topological polar surface area (TPSA) is 58.1 Å². The lowest BCUT2D eigenvalue weighted by Crippen LogP contribution is -2.35. The third kappa shape index (κ3) is 4.82. The van der Waals surface area contributed by atoms with E-state index in [0.29, 0.717) is 42.5 Å². The summed E-state index contributed by atoms with van der Waals surface area (Å²) >= 11 is 0. The number of anilines is 2. The molecule has 5 nitrogen and oxygen atoms in total. The summed E-state index contributed by atoms with van der Waals surface area (Å²) < 4.78 is 29.6. The van der Waals surface area contributed by atoms with Gasteiger partial charge in [0.2, 0.25) is 0 Å². The summed E-state index contributed by atoms with van der Waals surface area (Å²) in [6.07, 6.45) is 5.13.